The molecule has 2 aromatic rings. The quantitative estimate of drug-likeness (QED) is 0.814. The number of thiophene rings is 1. The van der Waals surface area contributed by atoms with Crippen LogP contribution < -0.4 is 5.32 Å². The van der Waals surface area contributed by atoms with Gasteiger partial charge in [-0.3, -0.25) is 0 Å². The van der Waals surface area contributed by atoms with E-state index in [1.54, 1.807) is 11.3 Å². The molecule has 0 saturated heterocycles. The molecule has 0 aliphatic rings. The monoisotopic (exact) mass is 283 g/mol. The van der Waals surface area contributed by atoms with E-state index >= 15 is 0 Å². The van der Waals surface area contributed by atoms with Gasteiger partial charge in [0.15, 0.2) is 0 Å². The SMILES string of the molecule is CNC(CSc1ccccc1)c1sccc1Cl. The zero-order chi connectivity index (χ0) is 12.1. The Morgan fingerprint density at radius 3 is 2.65 bits per heavy atom. The topological polar surface area (TPSA) is 12.0 Å². The molecular formula is C13H14ClNS2. The third kappa shape index (κ3) is 3.49. The van der Waals surface area contributed by atoms with Crippen molar-refractivity contribution in [1.82, 2.24) is 5.32 Å². The molecule has 4 heteroatoms. The highest BCUT2D eigenvalue weighted by molar-refractivity contribution is 7.99. The molecular weight excluding hydrogens is 270 g/mol. The van der Waals surface area contributed by atoms with Gasteiger partial charge in [0.2, 0.25) is 0 Å². The van der Waals surface area contributed by atoms with Gasteiger partial charge in [-0.15, -0.1) is 23.1 Å². The maximum absolute atomic E-state index is 6.16. The average molecular weight is 284 g/mol. The first-order valence-corrected chi connectivity index (χ1v) is 7.63. The van der Waals surface area contributed by atoms with Crippen LogP contribution in [0.25, 0.3) is 0 Å². The number of hydrogen-bond donors (Lipinski definition) is 1. The van der Waals surface area contributed by atoms with Crippen LogP contribution in [0.1, 0.15) is 10.9 Å². The highest BCUT2D eigenvalue weighted by atomic mass is 35.5. The maximum Gasteiger partial charge on any atom is 0.0561 e. The van der Waals surface area contributed by atoms with Crippen LogP contribution in [0.2, 0.25) is 5.02 Å². The Bertz CT molecular complexity index is 455. The normalized spacial score (nSPS) is 12.6. The Morgan fingerprint density at radius 1 is 1.29 bits per heavy atom. The first-order valence-electron chi connectivity index (χ1n) is 5.39. The lowest BCUT2D eigenvalue weighted by Crippen LogP contribution is -2.17. The second kappa shape index (κ2) is 6.45. The molecule has 0 fully saturated rings. The Hall–Kier alpha value is -0.480. The van der Waals surface area contributed by atoms with Gasteiger partial charge in [-0.1, -0.05) is 29.8 Å². The van der Waals surface area contributed by atoms with E-state index in [0.717, 1.165) is 10.8 Å². The molecule has 0 bridgehead atoms. The van der Waals surface area contributed by atoms with E-state index in [4.69, 9.17) is 11.6 Å². The Kier molecular flexibility index (Phi) is 4.92. The van der Waals surface area contributed by atoms with Crippen LogP contribution in [-0.4, -0.2) is 12.8 Å². The van der Waals surface area contributed by atoms with Crippen molar-refractivity contribution in [3.63, 3.8) is 0 Å². The van der Waals surface area contributed by atoms with Crippen molar-refractivity contribution >= 4 is 34.7 Å². The highest BCUT2D eigenvalue weighted by Gasteiger charge is 2.14. The fraction of sp³-hybridized carbons (Fsp3) is 0.231. The van der Waals surface area contributed by atoms with Crippen molar-refractivity contribution in [3.05, 3.63) is 51.7 Å². The second-order valence-corrected chi connectivity index (χ2v) is 6.05. The molecule has 0 aliphatic heterocycles. The van der Waals surface area contributed by atoms with E-state index in [0.29, 0.717) is 6.04 Å². The van der Waals surface area contributed by atoms with Gasteiger partial charge in [-0.05, 0) is 30.6 Å². The Morgan fingerprint density at radius 2 is 2.06 bits per heavy atom. The van der Waals surface area contributed by atoms with E-state index in [2.05, 4.69) is 29.6 Å². The van der Waals surface area contributed by atoms with Crippen molar-refractivity contribution in [2.24, 2.45) is 0 Å². The van der Waals surface area contributed by atoms with Crippen LogP contribution in [-0.2, 0) is 0 Å². The minimum atomic E-state index is 0.313. The summed E-state index contributed by atoms with van der Waals surface area (Å²) in [7, 11) is 1.98. The van der Waals surface area contributed by atoms with E-state index in [9.17, 15) is 0 Å². The van der Waals surface area contributed by atoms with Crippen LogP contribution in [0.15, 0.2) is 46.7 Å². The lowest BCUT2D eigenvalue weighted by molar-refractivity contribution is 0.674. The number of halogens is 1. The predicted octanol–water partition coefficient (Wildman–Crippen LogP) is 4.45. The number of nitrogens with one attached hydrogen (secondary N) is 1. The molecule has 1 unspecified atom stereocenters. The molecule has 0 radical (unpaired) electrons. The molecule has 0 spiro atoms. The molecule has 0 aliphatic carbocycles. The van der Waals surface area contributed by atoms with E-state index in [1.807, 2.05) is 36.3 Å². The van der Waals surface area contributed by atoms with E-state index in [-0.39, 0.29) is 0 Å². The summed E-state index contributed by atoms with van der Waals surface area (Å²) in [6.07, 6.45) is 0. The lowest BCUT2D eigenvalue weighted by atomic mass is 10.3. The fourth-order valence-corrected chi connectivity index (χ4v) is 3.99. The molecule has 1 N–H and O–H groups in total. The molecule has 1 nitrogen and oxygen atoms in total. The molecule has 0 saturated carbocycles. The molecule has 1 aromatic carbocycles. The van der Waals surface area contributed by atoms with Crippen molar-refractivity contribution in [1.29, 1.82) is 0 Å². The minimum absolute atomic E-state index is 0.313. The van der Waals surface area contributed by atoms with Crippen molar-refractivity contribution in [3.8, 4) is 0 Å². The molecule has 2 rings (SSSR count). The molecule has 0 amide bonds. The van der Waals surface area contributed by atoms with Gasteiger partial charge < -0.3 is 5.32 Å². The van der Waals surface area contributed by atoms with Crippen molar-refractivity contribution in [2.75, 3.05) is 12.8 Å². The largest absolute Gasteiger partial charge is 0.312 e. The molecule has 90 valence electrons. The maximum atomic E-state index is 6.16. The highest BCUT2D eigenvalue weighted by Crippen LogP contribution is 2.32. The zero-order valence-electron chi connectivity index (χ0n) is 9.52. The van der Waals surface area contributed by atoms with Gasteiger partial charge in [0, 0.05) is 15.5 Å². The number of hydrogen-bond acceptors (Lipinski definition) is 3. The Balaban J connectivity index is 2.00. The third-order valence-electron chi connectivity index (χ3n) is 2.47. The van der Waals surface area contributed by atoms with Gasteiger partial charge in [-0.2, -0.15) is 0 Å². The number of thioether (sulfide) groups is 1. The first kappa shape index (κ1) is 13.0. The van der Waals surface area contributed by atoms with Crippen LogP contribution >= 0.6 is 34.7 Å². The van der Waals surface area contributed by atoms with Crippen LogP contribution in [0.3, 0.4) is 0 Å². The summed E-state index contributed by atoms with van der Waals surface area (Å²) >= 11 is 9.71. The number of rotatable bonds is 5. The van der Waals surface area contributed by atoms with Gasteiger partial charge >= 0.3 is 0 Å². The summed E-state index contributed by atoms with van der Waals surface area (Å²) in [6, 6.07) is 12.7. The molecule has 1 heterocycles. The van der Waals surface area contributed by atoms with Crippen molar-refractivity contribution in [2.45, 2.75) is 10.9 Å². The van der Waals surface area contributed by atoms with Crippen LogP contribution in [0, 0.1) is 0 Å². The summed E-state index contributed by atoms with van der Waals surface area (Å²) < 4.78 is 0. The second-order valence-electron chi connectivity index (χ2n) is 3.60. The van der Waals surface area contributed by atoms with Crippen molar-refractivity contribution < 1.29 is 0 Å². The summed E-state index contributed by atoms with van der Waals surface area (Å²) in [5.41, 5.74) is 0. The first-order chi connectivity index (χ1) is 8.31. The van der Waals surface area contributed by atoms with Gasteiger partial charge in [-0.25, -0.2) is 0 Å². The fourth-order valence-electron chi connectivity index (χ4n) is 1.54. The average Bonchev–Trinajstić information content (AvgIpc) is 2.78. The smallest absolute Gasteiger partial charge is 0.0561 e. The molecule has 1 aromatic heterocycles. The summed E-state index contributed by atoms with van der Waals surface area (Å²) in [6.45, 7) is 0. The Labute approximate surface area is 115 Å². The molecule has 17 heavy (non-hydrogen) atoms. The molecule has 1 atom stereocenters. The predicted molar refractivity (Wildman–Crippen MR) is 78.3 cm³/mol. The van der Waals surface area contributed by atoms with E-state index < -0.39 is 0 Å². The van der Waals surface area contributed by atoms with Gasteiger partial charge in [0.1, 0.15) is 0 Å². The summed E-state index contributed by atoms with van der Waals surface area (Å²) in [5, 5.41) is 6.22. The van der Waals surface area contributed by atoms with Gasteiger partial charge in [0.05, 0.1) is 11.1 Å². The van der Waals surface area contributed by atoms with Crippen LogP contribution in [0.5, 0.6) is 0 Å². The number of benzene rings is 1. The third-order valence-corrected chi connectivity index (χ3v) is 5.05. The zero-order valence-corrected chi connectivity index (χ0v) is 11.9. The standard InChI is InChI=1S/C13H14ClNS2/c1-15-12(13-11(14)7-8-16-13)9-17-10-5-3-2-4-6-10/h2-8,12,15H,9H2,1H3. The summed E-state index contributed by atoms with van der Waals surface area (Å²) in [4.78, 5) is 2.51. The van der Waals surface area contributed by atoms with Crippen LogP contribution in [0.4, 0.5) is 0 Å². The lowest BCUT2D eigenvalue weighted by Gasteiger charge is -2.14. The summed E-state index contributed by atoms with van der Waals surface area (Å²) in [5.74, 6) is 0.987. The van der Waals surface area contributed by atoms with Gasteiger partial charge in [0.25, 0.3) is 0 Å². The van der Waals surface area contributed by atoms with E-state index in [1.165, 1.54) is 9.77 Å². The minimum Gasteiger partial charge on any atom is -0.312 e.